The number of hydrogen-bond donors (Lipinski definition) is 2. The Morgan fingerprint density at radius 1 is 1.30 bits per heavy atom. The zero-order valence-electron chi connectivity index (χ0n) is 11.9. The summed E-state index contributed by atoms with van der Waals surface area (Å²) >= 11 is 0. The van der Waals surface area contributed by atoms with Crippen LogP contribution in [0.4, 0.5) is 6.01 Å². The molecule has 2 heterocycles. The van der Waals surface area contributed by atoms with E-state index in [2.05, 4.69) is 33.5 Å². The van der Waals surface area contributed by atoms with E-state index < -0.39 is 0 Å². The molecule has 0 atom stereocenters. The number of aromatic nitrogens is 3. The van der Waals surface area contributed by atoms with Gasteiger partial charge in [0.25, 0.3) is 0 Å². The number of nitrogens with one attached hydrogen (secondary N) is 2. The first-order valence-electron chi connectivity index (χ1n) is 6.87. The third kappa shape index (κ3) is 2.27. The van der Waals surface area contributed by atoms with Gasteiger partial charge in [-0.15, -0.1) is 5.10 Å². The molecule has 1 aromatic carbocycles. The number of hydrogen-bond acceptors (Lipinski definition) is 4. The molecule has 3 rings (SSSR count). The SMILES string of the molecule is CCc1c[nH]c2ccc(-c3nnc(NC(C)C)o3)cc12. The molecule has 3 aromatic rings. The van der Waals surface area contributed by atoms with E-state index in [4.69, 9.17) is 4.42 Å². The summed E-state index contributed by atoms with van der Waals surface area (Å²) in [6.07, 6.45) is 3.04. The van der Waals surface area contributed by atoms with E-state index in [-0.39, 0.29) is 6.04 Å². The summed E-state index contributed by atoms with van der Waals surface area (Å²) in [6, 6.07) is 6.85. The lowest BCUT2D eigenvalue weighted by Gasteiger charge is -2.02. The first-order chi connectivity index (χ1) is 9.67. The Morgan fingerprint density at radius 3 is 2.90 bits per heavy atom. The number of rotatable bonds is 4. The highest BCUT2D eigenvalue weighted by Gasteiger charge is 2.11. The molecule has 0 spiro atoms. The van der Waals surface area contributed by atoms with E-state index in [9.17, 15) is 0 Å². The van der Waals surface area contributed by atoms with Gasteiger partial charge in [-0.1, -0.05) is 12.0 Å². The minimum absolute atomic E-state index is 0.266. The summed E-state index contributed by atoms with van der Waals surface area (Å²) in [5.41, 5.74) is 3.36. The number of fused-ring (bicyclic) bond motifs is 1. The molecule has 5 heteroatoms. The highest BCUT2D eigenvalue weighted by Crippen LogP contribution is 2.26. The van der Waals surface area contributed by atoms with Crippen molar-refractivity contribution in [3.05, 3.63) is 30.0 Å². The van der Waals surface area contributed by atoms with Crippen LogP contribution in [0.2, 0.25) is 0 Å². The largest absolute Gasteiger partial charge is 0.403 e. The molecule has 5 nitrogen and oxygen atoms in total. The van der Waals surface area contributed by atoms with Crippen LogP contribution in [0.15, 0.2) is 28.8 Å². The number of nitrogens with zero attached hydrogens (tertiary/aromatic N) is 2. The highest BCUT2D eigenvalue weighted by atomic mass is 16.4. The summed E-state index contributed by atoms with van der Waals surface area (Å²) in [7, 11) is 0. The minimum Gasteiger partial charge on any atom is -0.403 e. The van der Waals surface area contributed by atoms with Gasteiger partial charge in [-0.05, 0) is 44.0 Å². The molecule has 0 aliphatic rings. The Labute approximate surface area is 117 Å². The zero-order chi connectivity index (χ0) is 14.1. The second-order valence-corrected chi connectivity index (χ2v) is 5.14. The maximum Gasteiger partial charge on any atom is 0.315 e. The van der Waals surface area contributed by atoms with Gasteiger partial charge >= 0.3 is 6.01 Å². The summed E-state index contributed by atoms with van der Waals surface area (Å²) in [6.45, 7) is 6.21. The average Bonchev–Trinajstić information content (AvgIpc) is 3.03. The van der Waals surface area contributed by atoms with Crippen molar-refractivity contribution in [2.24, 2.45) is 0 Å². The van der Waals surface area contributed by atoms with Crippen LogP contribution in [0, 0.1) is 0 Å². The van der Waals surface area contributed by atoms with E-state index in [0.717, 1.165) is 17.5 Å². The predicted molar refractivity (Wildman–Crippen MR) is 79.7 cm³/mol. The van der Waals surface area contributed by atoms with Gasteiger partial charge in [0.1, 0.15) is 0 Å². The zero-order valence-corrected chi connectivity index (χ0v) is 11.9. The summed E-state index contributed by atoms with van der Waals surface area (Å²) in [5.74, 6) is 0.540. The van der Waals surface area contributed by atoms with E-state index >= 15 is 0 Å². The molecule has 0 saturated heterocycles. The third-order valence-electron chi connectivity index (χ3n) is 3.23. The van der Waals surface area contributed by atoms with Crippen LogP contribution in [-0.2, 0) is 6.42 Å². The summed E-state index contributed by atoms with van der Waals surface area (Å²) in [5, 5.41) is 12.4. The van der Waals surface area contributed by atoms with Gasteiger partial charge < -0.3 is 14.7 Å². The van der Waals surface area contributed by atoms with Crippen LogP contribution >= 0.6 is 0 Å². The maximum absolute atomic E-state index is 5.64. The fourth-order valence-electron chi connectivity index (χ4n) is 2.25. The minimum atomic E-state index is 0.266. The second kappa shape index (κ2) is 5.00. The van der Waals surface area contributed by atoms with Crippen molar-refractivity contribution in [3.63, 3.8) is 0 Å². The molecule has 2 aromatic heterocycles. The van der Waals surface area contributed by atoms with E-state index in [0.29, 0.717) is 11.9 Å². The van der Waals surface area contributed by atoms with Gasteiger partial charge in [0, 0.05) is 28.7 Å². The van der Waals surface area contributed by atoms with Crippen molar-refractivity contribution in [2.75, 3.05) is 5.32 Å². The topological polar surface area (TPSA) is 66.7 Å². The van der Waals surface area contributed by atoms with Gasteiger partial charge in [0.15, 0.2) is 0 Å². The van der Waals surface area contributed by atoms with Crippen LogP contribution < -0.4 is 5.32 Å². The standard InChI is InChI=1S/C15H18N4O/c1-4-10-8-16-13-6-5-11(7-12(10)13)14-18-19-15(20-14)17-9(2)3/h5-9,16H,4H2,1-3H3,(H,17,19). The number of aromatic amines is 1. The maximum atomic E-state index is 5.64. The Hall–Kier alpha value is -2.30. The molecule has 0 amide bonds. The van der Waals surface area contributed by atoms with Gasteiger partial charge in [-0.2, -0.15) is 0 Å². The smallest absolute Gasteiger partial charge is 0.315 e. The number of H-pyrrole nitrogens is 1. The Balaban J connectivity index is 1.98. The molecular formula is C15H18N4O. The normalized spacial score (nSPS) is 11.4. The van der Waals surface area contributed by atoms with Gasteiger partial charge in [-0.25, -0.2) is 0 Å². The lowest BCUT2D eigenvalue weighted by Crippen LogP contribution is -2.09. The molecule has 0 aliphatic heterocycles. The van der Waals surface area contributed by atoms with E-state index in [1.165, 1.54) is 10.9 Å². The van der Waals surface area contributed by atoms with E-state index in [1.54, 1.807) is 0 Å². The molecule has 0 fully saturated rings. The molecule has 0 bridgehead atoms. The Morgan fingerprint density at radius 2 is 2.15 bits per heavy atom. The summed E-state index contributed by atoms with van der Waals surface area (Å²) < 4.78 is 5.64. The summed E-state index contributed by atoms with van der Waals surface area (Å²) in [4.78, 5) is 3.27. The Kier molecular flexibility index (Phi) is 3.18. The van der Waals surface area contributed by atoms with Crippen molar-refractivity contribution in [1.82, 2.24) is 15.2 Å². The number of anilines is 1. The van der Waals surface area contributed by atoms with Crippen molar-refractivity contribution in [3.8, 4) is 11.5 Å². The van der Waals surface area contributed by atoms with Gasteiger partial charge in [0.2, 0.25) is 5.89 Å². The van der Waals surface area contributed by atoms with Crippen LogP contribution in [0.3, 0.4) is 0 Å². The number of benzene rings is 1. The van der Waals surface area contributed by atoms with E-state index in [1.807, 2.05) is 32.2 Å². The first-order valence-corrected chi connectivity index (χ1v) is 6.87. The van der Waals surface area contributed by atoms with Gasteiger partial charge in [0.05, 0.1) is 0 Å². The first kappa shape index (κ1) is 12.7. The van der Waals surface area contributed by atoms with Crippen molar-refractivity contribution < 1.29 is 4.42 Å². The molecule has 0 saturated carbocycles. The predicted octanol–water partition coefficient (Wildman–Crippen LogP) is 3.60. The molecule has 2 N–H and O–H groups in total. The average molecular weight is 270 g/mol. The molecule has 20 heavy (non-hydrogen) atoms. The molecule has 104 valence electrons. The quantitative estimate of drug-likeness (QED) is 0.760. The van der Waals surface area contributed by atoms with Crippen LogP contribution in [0.25, 0.3) is 22.4 Å². The molecule has 0 unspecified atom stereocenters. The van der Waals surface area contributed by atoms with Crippen LogP contribution in [-0.4, -0.2) is 21.2 Å². The Bertz CT molecular complexity index is 726. The molecular weight excluding hydrogens is 252 g/mol. The van der Waals surface area contributed by atoms with Crippen molar-refractivity contribution >= 4 is 16.9 Å². The van der Waals surface area contributed by atoms with Crippen molar-refractivity contribution in [2.45, 2.75) is 33.2 Å². The van der Waals surface area contributed by atoms with Gasteiger partial charge in [-0.3, -0.25) is 0 Å². The fourth-order valence-corrected chi connectivity index (χ4v) is 2.25. The fraction of sp³-hybridized carbons (Fsp3) is 0.333. The second-order valence-electron chi connectivity index (χ2n) is 5.14. The third-order valence-corrected chi connectivity index (χ3v) is 3.23. The lowest BCUT2D eigenvalue weighted by atomic mass is 10.1. The van der Waals surface area contributed by atoms with Crippen LogP contribution in [0.5, 0.6) is 0 Å². The van der Waals surface area contributed by atoms with Crippen molar-refractivity contribution in [1.29, 1.82) is 0 Å². The van der Waals surface area contributed by atoms with Crippen LogP contribution in [0.1, 0.15) is 26.3 Å². The monoisotopic (exact) mass is 270 g/mol. The molecule has 0 aliphatic carbocycles. The lowest BCUT2D eigenvalue weighted by molar-refractivity contribution is 0.574. The number of aryl methyl sites for hydroxylation is 1. The molecule has 0 radical (unpaired) electrons. The highest BCUT2D eigenvalue weighted by molar-refractivity contribution is 5.87.